The van der Waals surface area contributed by atoms with E-state index in [1.165, 1.54) is 10.4 Å². The SMILES string of the molecule is CCN(CC1CCOC1)S(=O)(=O)c1cc(Cl)sc1Cl. The highest BCUT2D eigenvalue weighted by molar-refractivity contribution is 7.89. The maximum atomic E-state index is 12.5. The average molecular weight is 344 g/mol. The molecule has 0 amide bonds. The summed E-state index contributed by atoms with van der Waals surface area (Å²) in [4.78, 5) is 0.102. The van der Waals surface area contributed by atoms with E-state index in [1.807, 2.05) is 6.92 Å². The second-order valence-electron chi connectivity index (χ2n) is 4.37. The summed E-state index contributed by atoms with van der Waals surface area (Å²) in [6, 6.07) is 1.41. The third-order valence-electron chi connectivity index (χ3n) is 3.08. The normalized spacial score (nSPS) is 20.3. The number of hydrogen-bond donors (Lipinski definition) is 0. The van der Waals surface area contributed by atoms with Gasteiger partial charge in [0.15, 0.2) is 0 Å². The fourth-order valence-electron chi connectivity index (χ4n) is 2.05. The highest BCUT2D eigenvalue weighted by atomic mass is 35.5. The van der Waals surface area contributed by atoms with Crippen molar-refractivity contribution in [1.82, 2.24) is 4.31 Å². The number of ether oxygens (including phenoxy) is 1. The first-order chi connectivity index (χ1) is 8.95. The summed E-state index contributed by atoms with van der Waals surface area (Å²) in [7, 11) is -3.58. The van der Waals surface area contributed by atoms with Crippen LogP contribution in [0.4, 0.5) is 0 Å². The van der Waals surface area contributed by atoms with Crippen LogP contribution in [0.3, 0.4) is 0 Å². The van der Waals surface area contributed by atoms with E-state index in [0.29, 0.717) is 30.6 Å². The fraction of sp³-hybridized carbons (Fsp3) is 0.636. The smallest absolute Gasteiger partial charge is 0.245 e. The molecule has 1 atom stereocenters. The molecule has 0 N–H and O–H groups in total. The Morgan fingerprint density at radius 2 is 2.26 bits per heavy atom. The van der Waals surface area contributed by atoms with Gasteiger partial charge in [0.05, 0.1) is 10.9 Å². The van der Waals surface area contributed by atoms with Gasteiger partial charge in [-0.25, -0.2) is 8.42 Å². The van der Waals surface area contributed by atoms with Crippen LogP contribution in [-0.2, 0) is 14.8 Å². The zero-order valence-corrected chi connectivity index (χ0v) is 13.6. The maximum absolute atomic E-state index is 12.5. The maximum Gasteiger partial charge on any atom is 0.245 e. The molecule has 0 radical (unpaired) electrons. The first kappa shape index (κ1) is 15.5. The molecule has 2 heterocycles. The molecule has 0 bridgehead atoms. The quantitative estimate of drug-likeness (QED) is 0.825. The molecule has 8 heteroatoms. The van der Waals surface area contributed by atoms with Crippen LogP contribution in [0.1, 0.15) is 13.3 Å². The summed E-state index contributed by atoms with van der Waals surface area (Å²) >= 11 is 12.8. The van der Waals surface area contributed by atoms with Crippen LogP contribution in [0, 0.1) is 5.92 Å². The summed E-state index contributed by atoms with van der Waals surface area (Å²) in [6.45, 7) is 4.00. The summed E-state index contributed by atoms with van der Waals surface area (Å²) in [5.41, 5.74) is 0. The van der Waals surface area contributed by atoms with E-state index >= 15 is 0 Å². The Hall–Kier alpha value is 0.150. The van der Waals surface area contributed by atoms with Crippen LogP contribution in [0.2, 0.25) is 8.67 Å². The fourth-order valence-corrected chi connectivity index (χ4v) is 5.69. The molecule has 1 aromatic heterocycles. The number of nitrogens with zero attached hydrogens (tertiary/aromatic N) is 1. The summed E-state index contributed by atoms with van der Waals surface area (Å²) < 4.78 is 32.4. The predicted octanol–water partition coefficient (Wildman–Crippen LogP) is 3.10. The average Bonchev–Trinajstić information content (AvgIpc) is 2.95. The van der Waals surface area contributed by atoms with E-state index in [-0.39, 0.29) is 15.1 Å². The third kappa shape index (κ3) is 3.43. The molecule has 1 aromatic rings. The number of rotatable bonds is 5. The molecule has 4 nitrogen and oxygen atoms in total. The zero-order chi connectivity index (χ0) is 14.0. The lowest BCUT2D eigenvalue weighted by Gasteiger charge is -2.22. The molecule has 1 aliphatic heterocycles. The largest absolute Gasteiger partial charge is 0.381 e. The lowest BCUT2D eigenvalue weighted by molar-refractivity contribution is 0.181. The second-order valence-corrected chi connectivity index (χ2v) is 8.57. The lowest BCUT2D eigenvalue weighted by Crippen LogP contribution is -2.35. The van der Waals surface area contributed by atoms with Gasteiger partial charge in [-0.2, -0.15) is 4.31 Å². The van der Waals surface area contributed by atoms with Crippen LogP contribution in [-0.4, -0.2) is 39.0 Å². The molecule has 0 aliphatic carbocycles. The van der Waals surface area contributed by atoms with Crippen molar-refractivity contribution in [2.75, 3.05) is 26.3 Å². The molecule has 0 aromatic carbocycles. The van der Waals surface area contributed by atoms with Crippen molar-refractivity contribution in [1.29, 1.82) is 0 Å². The summed E-state index contributed by atoms with van der Waals surface area (Å²) in [5, 5.41) is 0. The lowest BCUT2D eigenvalue weighted by atomic mass is 10.1. The minimum absolute atomic E-state index is 0.102. The summed E-state index contributed by atoms with van der Waals surface area (Å²) in [6.07, 6.45) is 0.893. The molecule has 1 aliphatic rings. The van der Waals surface area contributed by atoms with Crippen molar-refractivity contribution in [3.63, 3.8) is 0 Å². The van der Waals surface area contributed by atoms with Gasteiger partial charge in [0, 0.05) is 19.7 Å². The van der Waals surface area contributed by atoms with Gasteiger partial charge >= 0.3 is 0 Å². The first-order valence-electron chi connectivity index (χ1n) is 5.98. The summed E-state index contributed by atoms with van der Waals surface area (Å²) in [5.74, 6) is 0.252. The van der Waals surface area contributed by atoms with Crippen molar-refractivity contribution in [3.05, 3.63) is 14.7 Å². The van der Waals surface area contributed by atoms with Crippen molar-refractivity contribution in [2.24, 2.45) is 5.92 Å². The molecule has 1 unspecified atom stereocenters. The van der Waals surface area contributed by atoms with Gasteiger partial charge in [-0.1, -0.05) is 30.1 Å². The zero-order valence-electron chi connectivity index (χ0n) is 10.4. The Labute approximate surface area is 127 Å². The van der Waals surface area contributed by atoms with Crippen LogP contribution in [0.15, 0.2) is 11.0 Å². The molecular formula is C11H15Cl2NO3S2. The van der Waals surface area contributed by atoms with Crippen molar-refractivity contribution < 1.29 is 13.2 Å². The van der Waals surface area contributed by atoms with Gasteiger partial charge < -0.3 is 4.74 Å². The molecule has 0 saturated carbocycles. The van der Waals surface area contributed by atoms with Crippen LogP contribution in [0.25, 0.3) is 0 Å². The van der Waals surface area contributed by atoms with Gasteiger partial charge in [0.2, 0.25) is 10.0 Å². The van der Waals surface area contributed by atoms with E-state index in [9.17, 15) is 8.42 Å². The Kier molecular flexibility index (Phi) is 5.14. The first-order valence-corrected chi connectivity index (χ1v) is 8.99. The number of sulfonamides is 1. The monoisotopic (exact) mass is 343 g/mol. The molecule has 1 saturated heterocycles. The van der Waals surface area contributed by atoms with Crippen molar-refractivity contribution in [3.8, 4) is 0 Å². The highest BCUT2D eigenvalue weighted by Crippen LogP contribution is 2.36. The van der Waals surface area contributed by atoms with Crippen molar-refractivity contribution in [2.45, 2.75) is 18.2 Å². The molecule has 19 heavy (non-hydrogen) atoms. The van der Waals surface area contributed by atoms with Gasteiger partial charge in [0.1, 0.15) is 9.23 Å². The molecule has 0 spiro atoms. The minimum Gasteiger partial charge on any atom is -0.381 e. The van der Waals surface area contributed by atoms with E-state index in [1.54, 1.807) is 0 Å². The van der Waals surface area contributed by atoms with E-state index < -0.39 is 10.0 Å². The van der Waals surface area contributed by atoms with Gasteiger partial charge in [-0.05, 0) is 18.4 Å². The Morgan fingerprint density at radius 1 is 1.53 bits per heavy atom. The van der Waals surface area contributed by atoms with Gasteiger partial charge in [-0.3, -0.25) is 0 Å². The standard InChI is InChI=1S/C11H15Cl2NO3S2/c1-2-14(6-8-3-4-17-7-8)19(15,16)9-5-10(12)18-11(9)13/h5,8H,2-4,6-7H2,1H3. The minimum atomic E-state index is -3.58. The highest BCUT2D eigenvalue weighted by Gasteiger charge is 2.30. The van der Waals surface area contributed by atoms with Crippen LogP contribution in [0.5, 0.6) is 0 Å². The van der Waals surface area contributed by atoms with E-state index in [2.05, 4.69) is 0 Å². The molecule has 1 fully saturated rings. The van der Waals surface area contributed by atoms with Crippen LogP contribution >= 0.6 is 34.5 Å². The number of thiophene rings is 1. The van der Waals surface area contributed by atoms with Gasteiger partial charge in [0.25, 0.3) is 0 Å². The molecule has 2 rings (SSSR count). The Bertz CT molecular complexity index is 538. The molecular weight excluding hydrogens is 329 g/mol. The Morgan fingerprint density at radius 3 is 2.74 bits per heavy atom. The van der Waals surface area contributed by atoms with Crippen molar-refractivity contribution >= 4 is 44.6 Å². The Balaban J connectivity index is 2.22. The number of hydrogen-bond acceptors (Lipinski definition) is 4. The second kappa shape index (κ2) is 6.28. The number of halogens is 2. The molecule has 108 valence electrons. The topological polar surface area (TPSA) is 46.6 Å². The predicted molar refractivity (Wildman–Crippen MR) is 77.7 cm³/mol. The third-order valence-corrected chi connectivity index (χ3v) is 6.78. The van der Waals surface area contributed by atoms with Crippen LogP contribution < -0.4 is 0 Å². The van der Waals surface area contributed by atoms with E-state index in [0.717, 1.165) is 17.8 Å². The van der Waals surface area contributed by atoms with Gasteiger partial charge in [-0.15, -0.1) is 11.3 Å². The van der Waals surface area contributed by atoms with E-state index in [4.69, 9.17) is 27.9 Å².